The average molecular weight is 293 g/mol. The molecule has 0 saturated carbocycles. The largest absolute Gasteiger partial charge is 0.273 e. The highest BCUT2D eigenvalue weighted by Gasteiger charge is 2.17. The second-order valence-electron chi connectivity index (χ2n) is 4.97. The molecule has 0 saturated heterocycles. The molecule has 1 N–H and O–H groups in total. The Kier molecular flexibility index (Phi) is 3.96. The van der Waals surface area contributed by atoms with Crippen LogP contribution in [0, 0.1) is 20.8 Å². The molecule has 0 amide bonds. The Hall–Kier alpha value is -1.66. The Balaban J connectivity index is 2.24. The van der Waals surface area contributed by atoms with Gasteiger partial charge in [0.05, 0.1) is 11.1 Å². The van der Waals surface area contributed by atoms with Crippen LogP contribution in [0.5, 0.6) is 0 Å². The van der Waals surface area contributed by atoms with Crippen molar-refractivity contribution in [3.05, 3.63) is 46.8 Å². The molecule has 1 heterocycles. The van der Waals surface area contributed by atoms with Crippen LogP contribution in [-0.4, -0.2) is 18.2 Å². The third-order valence-electron chi connectivity index (χ3n) is 3.42. The number of hydrogen-bond donors (Lipinski definition) is 1. The van der Waals surface area contributed by atoms with E-state index in [2.05, 4.69) is 9.82 Å². The first-order valence-corrected chi connectivity index (χ1v) is 7.84. The molecule has 0 atom stereocenters. The molecule has 1 aromatic carbocycles. The summed E-state index contributed by atoms with van der Waals surface area (Å²) in [6, 6.07) is 5.41. The van der Waals surface area contributed by atoms with Crippen LogP contribution in [-0.2, 0) is 23.6 Å². The van der Waals surface area contributed by atoms with Crippen LogP contribution in [0.2, 0.25) is 0 Å². The Bertz CT molecular complexity index is 733. The van der Waals surface area contributed by atoms with E-state index in [0.29, 0.717) is 4.90 Å². The minimum atomic E-state index is -3.51. The Labute approximate surface area is 119 Å². The standard InChI is InChI=1S/C14H19N3O2S/c1-10-5-6-11(2)14(7-10)20(18,19)16-9-13-8-15-17(4)12(13)3/h5-8,16H,9H2,1-4H3. The van der Waals surface area contributed by atoms with Crippen molar-refractivity contribution in [2.75, 3.05) is 0 Å². The van der Waals surface area contributed by atoms with Gasteiger partial charge in [-0.05, 0) is 38.0 Å². The predicted octanol–water partition coefficient (Wildman–Crippen LogP) is 1.82. The van der Waals surface area contributed by atoms with Crippen LogP contribution in [0.15, 0.2) is 29.3 Å². The minimum absolute atomic E-state index is 0.245. The number of aromatic nitrogens is 2. The maximum atomic E-state index is 12.4. The van der Waals surface area contributed by atoms with Crippen molar-refractivity contribution < 1.29 is 8.42 Å². The summed E-state index contributed by atoms with van der Waals surface area (Å²) in [5.74, 6) is 0. The third-order valence-corrected chi connectivity index (χ3v) is 4.97. The smallest absolute Gasteiger partial charge is 0.241 e. The van der Waals surface area contributed by atoms with E-state index in [4.69, 9.17) is 0 Å². The summed E-state index contributed by atoms with van der Waals surface area (Å²) in [5, 5.41) is 4.10. The molecule has 0 radical (unpaired) electrons. The van der Waals surface area contributed by atoms with Gasteiger partial charge in [-0.3, -0.25) is 4.68 Å². The molecule has 0 aliphatic heterocycles. The zero-order valence-corrected chi connectivity index (χ0v) is 13.0. The van der Waals surface area contributed by atoms with E-state index < -0.39 is 10.0 Å². The number of hydrogen-bond acceptors (Lipinski definition) is 3. The molecule has 6 heteroatoms. The van der Waals surface area contributed by atoms with E-state index in [-0.39, 0.29) is 6.54 Å². The Morgan fingerprint density at radius 1 is 1.25 bits per heavy atom. The van der Waals surface area contributed by atoms with Crippen LogP contribution in [0.4, 0.5) is 0 Å². The highest BCUT2D eigenvalue weighted by Crippen LogP contribution is 2.17. The molecule has 0 aliphatic carbocycles. The molecular formula is C14H19N3O2S. The van der Waals surface area contributed by atoms with Gasteiger partial charge in [0, 0.05) is 24.8 Å². The van der Waals surface area contributed by atoms with Crippen LogP contribution in [0.25, 0.3) is 0 Å². The lowest BCUT2D eigenvalue weighted by molar-refractivity contribution is 0.580. The lowest BCUT2D eigenvalue weighted by Crippen LogP contribution is -2.24. The van der Waals surface area contributed by atoms with Gasteiger partial charge in [0.25, 0.3) is 0 Å². The normalized spacial score (nSPS) is 11.8. The highest BCUT2D eigenvalue weighted by molar-refractivity contribution is 7.89. The fourth-order valence-electron chi connectivity index (χ4n) is 1.97. The van der Waals surface area contributed by atoms with Crippen molar-refractivity contribution >= 4 is 10.0 Å². The topological polar surface area (TPSA) is 64.0 Å². The van der Waals surface area contributed by atoms with Gasteiger partial charge in [-0.1, -0.05) is 12.1 Å². The quantitative estimate of drug-likeness (QED) is 0.935. The van der Waals surface area contributed by atoms with Crippen molar-refractivity contribution in [2.24, 2.45) is 7.05 Å². The SMILES string of the molecule is Cc1ccc(C)c(S(=O)(=O)NCc2cnn(C)c2C)c1. The number of nitrogens with one attached hydrogen (secondary N) is 1. The summed E-state index contributed by atoms with van der Waals surface area (Å²) < 4.78 is 29.1. The van der Waals surface area contributed by atoms with E-state index in [1.807, 2.05) is 33.0 Å². The molecule has 2 aromatic rings. The molecule has 108 valence electrons. The maximum absolute atomic E-state index is 12.4. The van der Waals surface area contributed by atoms with Crippen LogP contribution in [0.1, 0.15) is 22.4 Å². The second kappa shape index (κ2) is 5.38. The first kappa shape index (κ1) is 14.7. The maximum Gasteiger partial charge on any atom is 0.241 e. The lowest BCUT2D eigenvalue weighted by Gasteiger charge is -2.10. The van der Waals surface area contributed by atoms with E-state index in [1.54, 1.807) is 23.9 Å². The van der Waals surface area contributed by atoms with Gasteiger partial charge < -0.3 is 0 Å². The average Bonchev–Trinajstić information content (AvgIpc) is 2.70. The van der Waals surface area contributed by atoms with Gasteiger partial charge in [0.15, 0.2) is 0 Å². The highest BCUT2D eigenvalue weighted by atomic mass is 32.2. The Morgan fingerprint density at radius 2 is 1.95 bits per heavy atom. The van der Waals surface area contributed by atoms with Crippen molar-refractivity contribution in [2.45, 2.75) is 32.2 Å². The monoisotopic (exact) mass is 293 g/mol. The zero-order chi connectivity index (χ0) is 14.9. The van der Waals surface area contributed by atoms with Gasteiger partial charge in [0.1, 0.15) is 0 Å². The van der Waals surface area contributed by atoms with Crippen LogP contribution >= 0.6 is 0 Å². The second-order valence-corrected chi connectivity index (χ2v) is 6.71. The summed E-state index contributed by atoms with van der Waals surface area (Å²) in [5.41, 5.74) is 3.49. The summed E-state index contributed by atoms with van der Waals surface area (Å²) >= 11 is 0. The summed E-state index contributed by atoms with van der Waals surface area (Å²) in [4.78, 5) is 0.332. The Morgan fingerprint density at radius 3 is 2.55 bits per heavy atom. The van der Waals surface area contributed by atoms with Crippen molar-refractivity contribution in [1.29, 1.82) is 0 Å². The van der Waals surface area contributed by atoms with Gasteiger partial charge in [-0.25, -0.2) is 13.1 Å². The summed E-state index contributed by atoms with van der Waals surface area (Å²) in [6.45, 7) is 5.83. The first-order chi connectivity index (χ1) is 9.31. The molecule has 0 unspecified atom stereocenters. The third kappa shape index (κ3) is 2.91. The van der Waals surface area contributed by atoms with E-state index in [0.717, 1.165) is 22.4 Å². The van der Waals surface area contributed by atoms with Gasteiger partial charge >= 0.3 is 0 Å². The molecule has 0 aliphatic rings. The number of sulfonamides is 1. The fraction of sp³-hybridized carbons (Fsp3) is 0.357. The number of rotatable bonds is 4. The van der Waals surface area contributed by atoms with Gasteiger partial charge in [-0.15, -0.1) is 0 Å². The fourth-order valence-corrected chi connectivity index (χ4v) is 3.30. The lowest BCUT2D eigenvalue weighted by atomic mass is 10.2. The number of benzene rings is 1. The molecule has 0 spiro atoms. The molecule has 0 bridgehead atoms. The van der Waals surface area contributed by atoms with Gasteiger partial charge in [-0.2, -0.15) is 5.10 Å². The predicted molar refractivity (Wildman–Crippen MR) is 77.9 cm³/mol. The van der Waals surface area contributed by atoms with Crippen molar-refractivity contribution in [1.82, 2.24) is 14.5 Å². The molecule has 2 rings (SSSR count). The first-order valence-electron chi connectivity index (χ1n) is 6.35. The van der Waals surface area contributed by atoms with E-state index in [9.17, 15) is 8.42 Å². The zero-order valence-electron chi connectivity index (χ0n) is 12.1. The molecule has 0 fully saturated rings. The minimum Gasteiger partial charge on any atom is -0.273 e. The molecule has 5 nitrogen and oxygen atoms in total. The summed E-state index contributed by atoms with van der Waals surface area (Å²) in [6.07, 6.45) is 1.68. The van der Waals surface area contributed by atoms with Crippen LogP contribution < -0.4 is 4.72 Å². The molecule has 20 heavy (non-hydrogen) atoms. The molecular weight excluding hydrogens is 274 g/mol. The number of nitrogens with zero attached hydrogens (tertiary/aromatic N) is 2. The van der Waals surface area contributed by atoms with Gasteiger partial charge in [0.2, 0.25) is 10.0 Å². The summed E-state index contributed by atoms with van der Waals surface area (Å²) in [7, 11) is -1.67. The van der Waals surface area contributed by atoms with Crippen molar-refractivity contribution in [3.63, 3.8) is 0 Å². The van der Waals surface area contributed by atoms with E-state index >= 15 is 0 Å². The number of aryl methyl sites for hydroxylation is 3. The van der Waals surface area contributed by atoms with Crippen molar-refractivity contribution in [3.8, 4) is 0 Å². The van der Waals surface area contributed by atoms with E-state index in [1.165, 1.54) is 0 Å². The molecule has 1 aromatic heterocycles. The van der Waals surface area contributed by atoms with Crippen LogP contribution in [0.3, 0.4) is 0 Å².